The zero-order valence-corrected chi connectivity index (χ0v) is 12.3. The number of halogens is 1. The van der Waals surface area contributed by atoms with Gasteiger partial charge >= 0.3 is 5.97 Å². The van der Waals surface area contributed by atoms with Crippen LogP contribution in [0.15, 0.2) is 4.52 Å². The molecule has 0 aromatic carbocycles. The summed E-state index contributed by atoms with van der Waals surface area (Å²) in [5, 5.41) is 17.0. The summed E-state index contributed by atoms with van der Waals surface area (Å²) in [6.07, 6.45) is 0. The normalized spacial score (nSPS) is 10.9. The largest absolute Gasteiger partial charge is 0.476 e. The Bertz CT molecular complexity index is 615. The lowest BCUT2D eigenvalue weighted by molar-refractivity contribution is 0.0684. The predicted octanol–water partition coefficient (Wildman–Crippen LogP) is 2.15. The highest BCUT2D eigenvalue weighted by Gasteiger charge is 2.20. The Morgan fingerprint density at radius 2 is 2.11 bits per heavy atom. The van der Waals surface area contributed by atoms with E-state index in [9.17, 15) is 4.79 Å². The molecule has 0 saturated carbocycles. The fraction of sp³-hybridized carbons (Fsp3) is 0.364. The first-order chi connectivity index (χ1) is 8.41. The second-order valence-corrected chi connectivity index (χ2v) is 5.09. The van der Waals surface area contributed by atoms with E-state index in [1.165, 1.54) is 0 Å². The highest BCUT2D eigenvalue weighted by molar-refractivity contribution is 14.1. The molecule has 2 rings (SSSR count). The molecule has 0 saturated heterocycles. The van der Waals surface area contributed by atoms with Gasteiger partial charge in [-0.25, -0.2) is 4.79 Å². The van der Waals surface area contributed by atoms with Crippen LogP contribution in [0, 0.1) is 24.3 Å². The third-order valence-corrected chi connectivity index (χ3v) is 4.35. The minimum absolute atomic E-state index is 0.0462. The lowest BCUT2D eigenvalue weighted by Crippen LogP contribution is -2.09. The number of carboxylic acid groups (broad SMARTS) is 1. The topological polar surface area (TPSA) is 81.2 Å². The van der Waals surface area contributed by atoms with E-state index < -0.39 is 5.97 Å². The van der Waals surface area contributed by atoms with Gasteiger partial charge < -0.3 is 9.63 Å². The Morgan fingerprint density at radius 1 is 1.44 bits per heavy atom. The summed E-state index contributed by atoms with van der Waals surface area (Å²) in [6, 6.07) is 0. The van der Waals surface area contributed by atoms with Crippen molar-refractivity contribution in [3.63, 3.8) is 0 Å². The molecule has 0 atom stereocenters. The molecule has 0 unspecified atom stereocenters. The lowest BCUT2D eigenvalue weighted by Gasteiger charge is -2.03. The number of nitrogens with zero attached hydrogens (tertiary/aromatic N) is 3. The number of hydrogen-bond acceptors (Lipinski definition) is 4. The van der Waals surface area contributed by atoms with Crippen molar-refractivity contribution in [3.8, 4) is 0 Å². The minimum Gasteiger partial charge on any atom is -0.476 e. The van der Waals surface area contributed by atoms with Gasteiger partial charge in [0.2, 0.25) is 0 Å². The van der Waals surface area contributed by atoms with Crippen molar-refractivity contribution in [1.82, 2.24) is 14.9 Å². The van der Waals surface area contributed by atoms with Gasteiger partial charge in [0.1, 0.15) is 5.76 Å². The Morgan fingerprint density at radius 3 is 2.61 bits per heavy atom. The summed E-state index contributed by atoms with van der Waals surface area (Å²) in [5.41, 5.74) is 2.45. The van der Waals surface area contributed by atoms with Crippen molar-refractivity contribution >= 4 is 28.6 Å². The standard InChI is InChI=1S/C11H12IN3O3/c1-5-9(12)6(2)15(13-5)4-8-7(3)18-14-10(8)11(16)17/h4H2,1-3H3,(H,16,17). The van der Waals surface area contributed by atoms with Crippen molar-refractivity contribution in [1.29, 1.82) is 0 Å². The van der Waals surface area contributed by atoms with E-state index in [2.05, 4.69) is 32.8 Å². The van der Waals surface area contributed by atoms with Gasteiger partial charge in [-0.3, -0.25) is 4.68 Å². The number of carbonyl (C=O) groups is 1. The average molecular weight is 361 g/mol. The van der Waals surface area contributed by atoms with Gasteiger partial charge in [0.25, 0.3) is 0 Å². The summed E-state index contributed by atoms with van der Waals surface area (Å²) in [7, 11) is 0. The van der Waals surface area contributed by atoms with E-state index >= 15 is 0 Å². The Balaban J connectivity index is 2.43. The van der Waals surface area contributed by atoms with E-state index in [-0.39, 0.29) is 5.69 Å². The van der Waals surface area contributed by atoms with E-state index in [4.69, 9.17) is 9.63 Å². The van der Waals surface area contributed by atoms with Gasteiger partial charge in [0.05, 0.1) is 21.4 Å². The number of carboxylic acids is 1. The van der Waals surface area contributed by atoms with Gasteiger partial charge in [-0.2, -0.15) is 5.10 Å². The summed E-state index contributed by atoms with van der Waals surface area (Å²) in [4.78, 5) is 11.0. The summed E-state index contributed by atoms with van der Waals surface area (Å²) < 4.78 is 7.78. The van der Waals surface area contributed by atoms with Gasteiger partial charge in [0, 0.05) is 5.69 Å². The molecule has 18 heavy (non-hydrogen) atoms. The number of rotatable bonds is 3. The monoisotopic (exact) mass is 361 g/mol. The van der Waals surface area contributed by atoms with Crippen molar-refractivity contribution in [2.45, 2.75) is 27.3 Å². The van der Waals surface area contributed by atoms with Crippen LogP contribution in [0.1, 0.15) is 33.2 Å². The van der Waals surface area contributed by atoms with Crippen LogP contribution in [0.2, 0.25) is 0 Å². The number of hydrogen-bond donors (Lipinski definition) is 1. The number of aryl methyl sites for hydroxylation is 2. The van der Waals surface area contributed by atoms with Gasteiger partial charge in [-0.15, -0.1) is 0 Å². The first kappa shape index (κ1) is 13.1. The molecular formula is C11H12IN3O3. The van der Waals surface area contributed by atoms with Crippen molar-refractivity contribution in [2.75, 3.05) is 0 Å². The van der Waals surface area contributed by atoms with Gasteiger partial charge in [-0.1, -0.05) is 5.16 Å². The van der Waals surface area contributed by atoms with Crippen molar-refractivity contribution in [2.24, 2.45) is 0 Å². The minimum atomic E-state index is -1.09. The highest BCUT2D eigenvalue weighted by atomic mass is 127. The maximum atomic E-state index is 11.0. The second-order valence-electron chi connectivity index (χ2n) is 4.01. The maximum absolute atomic E-state index is 11.0. The van der Waals surface area contributed by atoms with E-state index in [1.807, 2.05) is 13.8 Å². The van der Waals surface area contributed by atoms with Crippen LogP contribution in [0.3, 0.4) is 0 Å². The Hall–Kier alpha value is -1.38. The molecule has 2 aromatic rings. The molecule has 2 heterocycles. The Labute approximate surface area is 117 Å². The molecule has 6 nitrogen and oxygen atoms in total. The number of aromatic nitrogens is 3. The molecule has 2 aromatic heterocycles. The maximum Gasteiger partial charge on any atom is 0.358 e. The molecule has 0 amide bonds. The summed E-state index contributed by atoms with van der Waals surface area (Å²) in [5.74, 6) is -0.576. The smallest absolute Gasteiger partial charge is 0.358 e. The molecule has 1 N–H and O–H groups in total. The molecule has 0 radical (unpaired) electrons. The number of aromatic carboxylic acids is 1. The molecule has 0 aliphatic rings. The van der Waals surface area contributed by atoms with Crippen LogP contribution in [0.4, 0.5) is 0 Å². The third kappa shape index (κ3) is 2.14. The molecule has 0 fully saturated rings. The third-order valence-electron chi connectivity index (χ3n) is 2.79. The molecule has 96 valence electrons. The molecule has 0 spiro atoms. The van der Waals surface area contributed by atoms with Crippen LogP contribution in [0.5, 0.6) is 0 Å². The molecule has 0 bridgehead atoms. The lowest BCUT2D eigenvalue weighted by atomic mass is 10.2. The SMILES string of the molecule is Cc1nn(Cc2c(C(=O)O)noc2C)c(C)c1I. The fourth-order valence-corrected chi connectivity index (χ4v) is 2.11. The second kappa shape index (κ2) is 4.71. The summed E-state index contributed by atoms with van der Waals surface area (Å²) in [6.45, 7) is 5.92. The van der Waals surface area contributed by atoms with Crippen LogP contribution in [0.25, 0.3) is 0 Å². The van der Waals surface area contributed by atoms with Crippen LogP contribution in [-0.2, 0) is 6.54 Å². The predicted molar refractivity (Wildman–Crippen MR) is 71.7 cm³/mol. The quantitative estimate of drug-likeness (QED) is 0.848. The first-order valence-electron chi connectivity index (χ1n) is 5.29. The Kier molecular flexibility index (Phi) is 3.42. The van der Waals surface area contributed by atoms with E-state index in [0.717, 1.165) is 15.0 Å². The fourth-order valence-electron chi connectivity index (χ4n) is 1.72. The van der Waals surface area contributed by atoms with E-state index in [1.54, 1.807) is 11.6 Å². The molecule has 7 heteroatoms. The van der Waals surface area contributed by atoms with Gasteiger partial charge in [-0.05, 0) is 43.4 Å². The average Bonchev–Trinajstić information content (AvgIpc) is 2.77. The van der Waals surface area contributed by atoms with Gasteiger partial charge in [0.15, 0.2) is 5.69 Å². The highest BCUT2D eigenvalue weighted by Crippen LogP contribution is 2.19. The van der Waals surface area contributed by atoms with Crippen LogP contribution < -0.4 is 0 Å². The zero-order valence-electron chi connectivity index (χ0n) is 10.2. The van der Waals surface area contributed by atoms with Crippen molar-refractivity contribution < 1.29 is 14.4 Å². The molecule has 0 aliphatic carbocycles. The zero-order chi connectivity index (χ0) is 13.4. The van der Waals surface area contributed by atoms with E-state index in [0.29, 0.717) is 17.9 Å². The molecular weight excluding hydrogens is 349 g/mol. The first-order valence-corrected chi connectivity index (χ1v) is 6.37. The van der Waals surface area contributed by atoms with Crippen LogP contribution >= 0.6 is 22.6 Å². The molecule has 0 aliphatic heterocycles. The van der Waals surface area contributed by atoms with Crippen LogP contribution in [-0.4, -0.2) is 26.0 Å². The summed E-state index contributed by atoms with van der Waals surface area (Å²) >= 11 is 2.22. The van der Waals surface area contributed by atoms with Crippen molar-refractivity contribution in [3.05, 3.63) is 32.0 Å².